The number of rotatable bonds is 4. The van der Waals surface area contributed by atoms with E-state index in [0.29, 0.717) is 16.0 Å². The zero-order valence-electron chi connectivity index (χ0n) is 15.6. The molecule has 4 rings (SSSR count). The molecule has 0 aliphatic carbocycles. The molecule has 0 saturated heterocycles. The zero-order chi connectivity index (χ0) is 21.5. The summed E-state index contributed by atoms with van der Waals surface area (Å²) in [6.45, 7) is 0. The van der Waals surface area contributed by atoms with Crippen LogP contribution in [0.3, 0.4) is 0 Å². The molecule has 0 radical (unpaired) electrons. The maximum atomic E-state index is 13.3. The Morgan fingerprint density at radius 1 is 0.900 bits per heavy atom. The van der Waals surface area contributed by atoms with Crippen LogP contribution >= 0.6 is 11.3 Å². The zero-order valence-corrected chi connectivity index (χ0v) is 17.2. The molecule has 0 spiro atoms. The number of aromatic nitrogens is 2. The molecule has 2 aromatic heterocycles. The average Bonchev–Trinajstić information content (AvgIpc) is 3.35. The van der Waals surface area contributed by atoms with Gasteiger partial charge in [0.05, 0.1) is 21.2 Å². The molecule has 0 saturated carbocycles. The third-order valence-electron chi connectivity index (χ3n) is 4.42. The van der Waals surface area contributed by atoms with Gasteiger partial charge in [0.2, 0.25) is 5.82 Å². The molecule has 1 N–H and O–H groups in total. The number of aromatic amines is 1. The lowest BCUT2D eigenvalue weighted by molar-refractivity contribution is -0.144. The Hall–Kier alpha value is -2.91. The number of nitrogens with zero attached hydrogens (tertiary/aromatic N) is 1. The van der Waals surface area contributed by atoms with Crippen molar-refractivity contribution in [3.05, 3.63) is 72.6 Å². The van der Waals surface area contributed by atoms with Crippen LogP contribution in [-0.2, 0) is 16.0 Å². The van der Waals surface area contributed by atoms with Crippen LogP contribution in [0.15, 0.2) is 71.6 Å². The van der Waals surface area contributed by atoms with Gasteiger partial charge < -0.3 is 4.98 Å². The second kappa shape index (κ2) is 7.41. The van der Waals surface area contributed by atoms with E-state index < -0.39 is 21.8 Å². The van der Waals surface area contributed by atoms with Crippen molar-refractivity contribution in [3.63, 3.8) is 0 Å². The van der Waals surface area contributed by atoms with Crippen LogP contribution in [0.25, 0.3) is 32.3 Å². The molecule has 0 atom stereocenters. The number of nitrogens with one attached hydrogen (secondary N) is 1. The number of hydrogen-bond acceptors (Lipinski definition) is 4. The summed E-state index contributed by atoms with van der Waals surface area (Å²) >= 11 is 1.26. The van der Waals surface area contributed by atoms with Crippen molar-refractivity contribution in [2.45, 2.75) is 11.1 Å². The molecule has 4 aromatic rings. The van der Waals surface area contributed by atoms with Crippen LogP contribution in [0, 0.1) is 0 Å². The quantitative estimate of drug-likeness (QED) is 0.423. The number of alkyl halides is 3. The summed E-state index contributed by atoms with van der Waals surface area (Å²) in [7, 11) is -3.37. The van der Waals surface area contributed by atoms with E-state index in [0.717, 1.165) is 11.1 Å². The molecule has 0 bridgehead atoms. The summed E-state index contributed by atoms with van der Waals surface area (Å²) in [4.78, 5) is 7.70. The van der Waals surface area contributed by atoms with Gasteiger partial charge in [-0.3, -0.25) is 0 Å². The number of sulfone groups is 1. The van der Waals surface area contributed by atoms with Crippen LogP contribution in [0.2, 0.25) is 0 Å². The summed E-state index contributed by atoms with van der Waals surface area (Å²) in [5, 5.41) is 0. The number of benzene rings is 2. The number of thiophene rings is 1. The molecule has 0 fully saturated rings. The van der Waals surface area contributed by atoms with Gasteiger partial charge in [0, 0.05) is 16.7 Å². The maximum absolute atomic E-state index is 13.3. The van der Waals surface area contributed by atoms with Gasteiger partial charge in [-0.1, -0.05) is 42.5 Å². The maximum Gasteiger partial charge on any atom is 0.449 e. The van der Waals surface area contributed by atoms with E-state index in [1.807, 2.05) is 0 Å². The number of hydrogen-bond donors (Lipinski definition) is 1. The van der Waals surface area contributed by atoms with E-state index in [1.165, 1.54) is 17.4 Å². The van der Waals surface area contributed by atoms with E-state index in [-0.39, 0.29) is 16.3 Å². The summed E-state index contributed by atoms with van der Waals surface area (Å²) in [5.41, 5.74) is 1.71. The van der Waals surface area contributed by atoms with Gasteiger partial charge in [0.1, 0.15) is 0 Å². The number of halogens is 3. The molecule has 30 heavy (non-hydrogen) atoms. The highest BCUT2D eigenvalue weighted by molar-refractivity contribution is 7.90. The molecule has 0 unspecified atom stereocenters. The highest BCUT2D eigenvalue weighted by atomic mass is 32.2. The topological polar surface area (TPSA) is 62.8 Å². The lowest BCUT2D eigenvalue weighted by Crippen LogP contribution is -2.07. The third kappa shape index (κ3) is 4.03. The molecular weight excluding hydrogens is 433 g/mol. The number of imidazole rings is 1. The highest BCUT2D eigenvalue weighted by Crippen LogP contribution is 2.40. The SMILES string of the molecule is CS(=O)(=O)c1cccc(-c2ccc(-c3[nH]c(C(F)(F)F)nc3-c3ccccc3)s2)c1. The summed E-state index contributed by atoms with van der Waals surface area (Å²) in [6.07, 6.45) is -3.48. The Labute approximate surface area is 175 Å². The molecule has 0 aliphatic rings. The minimum Gasteiger partial charge on any atom is -0.333 e. The Bertz CT molecular complexity index is 1310. The summed E-state index contributed by atoms with van der Waals surface area (Å²) in [6, 6.07) is 18.6. The van der Waals surface area contributed by atoms with Gasteiger partial charge in [-0.2, -0.15) is 13.2 Å². The fourth-order valence-corrected chi connectivity index (χ4v) is 4.67. The van der Waals surface area contributed by atoms with E-state index in [9.17, 15) is 21.6 Å². The monoisotopic (exact) mass is 448 g/mol. The first-order valence-corrected chi connectivity index (χ1v) is 11.5. The number of H-pyrrole nitrogens is 1. The van der Waals surface area contributed by atoms with Gasteiger partial charge in [0.25, 0.3) is 0 Å². The molecule has 0 aliphatic heterocycles. The van der Waals surface area contributed by atoms with E-state index in [1.54, 1.807) is 60.7 Å². The van der Waals surface area contributed by atoms with Gasteiger partial charge >= 0.3 is 6.18 Å². The van der Waals surface area contributed by atoms with Gasteiger partial charge in [-0.25, -0.2) is 13.4 Å². The fourth-order valence-electron chi connectivity index (χ4n) is 3.00. The van der Waals surface area contributed by atoms with E-state index >= 15 is 0 Å². The van der Waals surface area contributed by atoms with Gasteiger partial charge in [-0.15, -0.1) is 11.3 Å². The summed E-state index contributed by atoms with van der Waals surface area (Å²) < 4.78 is 63.5. The first-order valence-electron chi connectivity index (χ1n) is 8.76. The van der Waals surface area contributed by atoms with Crippen molar-refractivity contribution in [1.29, 1.82) is 0 Å². The summed E-state index contributed by atoms with van der Waals surface area (Å²) in [5.74, 6) is -1.06. The third-order valence-corrected chi connectivity index (χ3v) is 6.68. The molecule has 154 valence electrons. The molecule has 0 amide bonds. The van der Waals surface area contributed by atoms with Crippen LogP contribution < -0.4 is 0 Å². The first-order chi connectivity index (χ1) is 14.1. The normalized spacial score (nSPS) is 12.3. The van der Waals surface area contributed by atoms with E-state index in [4.69, 9.17) is 0 Å². The Kier molecular flexibility index (Phi) is 5.03. The van der Waals surface area contributed by atoms with Crippen molar-refractivity contribution in [2.75, 3.05) is 6.26 Å². The molecule has 4 nitrogen and oxygen atoms in total. The van der Waals surface area contributed by atoms with Crippen LogP contribution in [0.5, 0.6) is 0 Å². The first kappa shape index (κ1) is 20.4. The average molecular weight is 448 g/mol. The second-order valence-corrected chi connectivity index (χ2v) is 9.74. The lowest BCUT2D eigenvalue weighted by Gasteiger charge is -2.02. The molecule has 2 heterocycles. The van der Waals surface area contributed by atoms with Crippen molar-refractivity contribution in [3.8, 4) is 32.3 Å². The Morgan fingerprint density at radius 3 is 2.23 bits per heavy atom. The molecule has 9 heteroatoms. The smallest absolute Gasteiger partial charge is 0.333 e. The largest absolute Gasteiger partial charge is 0.449 e. The predicted octanol–water partition coefficient (Wildman–Crippen LogP) is 5.89. The van der Waals surface area contributed by atoms with Crippen LogP contribution in [0.4, 0.5) is 13.2 Å². The molecule has 2 aromatic carbocycles. The Balaban J connectivity index is 1.81. The second-order valence-electron chi connectivity index (χ2n) is 6.64. The van der Waals surface area contributed by atoms with Crippen LogP contribution in [-0.4, -0.2) is 24.6 Å². The van der Waals surface area contributed by atoms with Gasteiger partial charge in [0.15, 0.2) is 9.84 Å². The fraction of sp³-hybridized carbons (Fsp3) is 0.0952. The minimum absolute atomic E-state index is 0.181. The van der Waals surface area contributed by atoms with Crippen molar-refractivity contribution in [1.82, 2.24) is 9.97 Å². The van der Waals surface area contributed by atoms with Crippen LogP contribution in [0.1, 0.15) is 5.82 Å². The predicted molar refractivity (Wildman–Crippen MR) is 111 cm³/mol. The minimum atomic E-state index is -4.61. The lowest BCUT2D eigenvalue weighted by atomic mass is 10.1. The van der Waals surface area contributed by atoms with Crippen molar-refractivity contribution < 1.29 is 21.6 Å². The molecular formula is C21H15F3N2O2S2. The van der Waals surface area contributed by atoms with Gasteiger partial charge in [-0.05, 0) is 29.8 Å². The standard InChI is InChI=1S/C21H15F3N2O2S2/c1-30(27,28)15-9-5-8-14(12-15)16-10-11-17(29-16)19-18(13-6-3-2-4-7-13)25-20(26-19)21(22,23)24/h2-12H,1H3,(H,25,26). The Morgan fingerprint density at radius 2 is 1.57 bits per heavy atom. The highest BCUT2D eigenvalue weighted by Gasteiger charge is 2.36. The van der Waals surface area contributed by atoms with Crippen molar-refractivity contribution >= 4 is 21.2 Å². The van der Waals surface area contributed by atoms with Crippen molar-refractivity contribution in [2.24, 2.45) is 0 Å². The van der Waals surface area contributed by atoms with E-state index in [2.05, 4.69) is 9.97 Å².